The van der Waals surface area contributed by atoms with E-state index >= 15 is 0 Å². The van der Waals surface area contributed by atoms with Crippen molar-refractivity contribution in [1.82, 2.24) is 20.4 Å². The molecule has 140 valence electrons. The Labute approximate surface area is 153 Å². The van der Waals surface area contributed by atoms with E-state index in [1.165, 1.54) is 0 Å². The maximum absolute atomic E-state index is 11.5. The molecule has 26 heavy (non-hydrogen) atoms. The van der Waals surface area contributed by atoms with Gasteiger partial charge in [-0.25, -0.2) is 13.1 Å². The maximum Gasteiger partial charge on any atom is 0.191 e. The number of aliphatic imine (C=N–C) groups is 1. The van der Waals surface area contributed by atoms with E-state index in [0.717, 1.165) is 17.1 Å². The van der Waals surface area contributed by atoms with Crippen molar-refractivity contribution in [3.8, 4) is 11.4 Å². The van der Waals surface area contributed by atoms with Gasteiger partial charge in [-0.1, -0.05) is 0 Å². The van der Waals surface area contributed by atoms with Gasteiger partial charge in [-0.2, -0.15) is 5.10 Å². The Morgan fingerprint density at radius 2 is 2.12 bits per heavy atom. The van der Waals surface area contributed by atoms with Gasteiger partial charge >= 0.3 is 0 Å². The average molecular weight is 377 g/mol. The molecule has 8 nitrogen and oxygen atoms in total. The Morgan fingerprint density at radius 1 is 1.35 bits per heavy atom. The van der Waals surface area contributed by atoms with Gasteiger partial charge in [0.2, 0.25) is 0 Å². The topological polar surface area (TPSA) is 97.6 Å². The number of benzene rings is 1. The molecule has 2 heterocycles. The molecule has 0 radical (unpaired) electrons. The van der Waals surface area contributed by atoms with Crippen molar-refractivity contribution in [3.63, 3.8) is 0 Å². The van der Waals surface area contributed by atoms with Crippen molar-refractivity contribution < 1.29 is 13.2 Å². The molecule has 1 aromatic heterocycles. The zero-order valence-corrected chi connectivity index (χ0v) is 15.7. The Bertz CT molecular complexity index is 874. The third kappa shape index (κ3) is 4.54. The summed E-state index contributed by atoms with van der Waals surface area (Å²) in [5.41, 5.74) is 1.79. The smallest absolute Gasteiger partial charge is 0.191 e. The first-order valence-electron chi connectivity index (χ1n) is 8.35. The summed E-state index contributed by atoms with van der Waals surface area (Å²) < 4.78 is 30.0. The summed E-state index contributed by atoms with van der Waals surface area (Å²) in [6.07, 6.45) is 2.49. The van der Waals surface area contributed by atoms with Gasteiger partial charge < -0.3 is 15.4 Å². The number of nitrogens with one attached hydrogen (secondary N) is 2. The number of nitrogens with zero attached hydrogens (tertiary/aromatic N) is 3. The van der Waals surface area contributed by atoms with Crippen LogP contribution in [-0.4, -0.2) is 55.9 Å². The van der Waals surface area contributed by atoms with Gasteiger partial charge in [0.05, 0.1) is 36.5 Å². The maximum atomic E-state index is 11.5. The fourth-order valence-corrected chi connectivity index (χ4v) is 4.48. The van der Waals surface area contributed by atoms with E-state index in [2.05, 4.69) is 20.7 Å². The third-order valence-electron chi connectivity index (χ3n) is 4.22. The molecular formula is C17H23N5O3S. The molecule has 0 bridgehead atoms. The summed E-state index contributed by atoms with van der Waals surface area (Å²) in [6, 6.07) is 9.47. The van der Waals surface area contributed by atoms with Crippen LogP contribution >= 0.6 is 0 Å². The molecule has 0 saturated carbocycles. The van der Waals surface area contributed by atoms with E-state index in [9.17, 15) is 8.42 Å². The van der Waals surface area contributed by atoms with Crippen molar-refractivity contribution >= 4 is 15.8 Å². The van der Waals surface area contributed by atoms with Crippen LogP contribution in [0.1, 0.15) is 12.1 Å². The monoisotopic (exact) mass is 377 g/mol. The number of rotatable bonds is 5. The number of guanidine groups is 1. The molecule has 2 aromatic rings. The van der Waals surface area contributed by atoms with E-state index in [0.29, 0.717) is 18.9 Å². The standard InChI is InChI=1S/C17H23N5O3S/c1-18-17(20-14-8-10-26(23,24)12-14)19-11-13-7-9-22(21-13)15-3-5-16(25-2)6-4-15/h3-7,9,14H,8,10-12H2,1-2H3,(H2,18,19,20). The normalized spacial score (nSPS) is 19.3. The molecule has 1 aliphatic rings. The first kappa shape index (κ1) is 18.2. The number of sulfone groups is 1. The molecule has 1 aliphatic heterocycles. The van der Waals surface area contributed by atoms with Crippen LogP contribution in [0.25, 0.3) is 5.69 Å². The van der Waals surface area contributed by atoms with Gasteiger partial charge in [-0.3, -0.25) is 4.99 Å². The van der Waals surface area contributed by atoms with E-state index in [4.69, 9.17) is 4.74 Å². The third-order valence-corrected chi connectivity index (χ3v) is 5.98. The first-order chi connectivity index (χ1) is 12.5. The summed E-state index contributed by atoms with van der Waals surface area (Å²) in [5, 5.41) is 10.9. The molecule has 1 aromatic carbocycles. The van der Waals surface area contributed by atoms with Crippen molar-refractivity contribution in [3.05, 3.63) is 42.2 Å². The number of hydrogen-bond acceptors (Lipinski definition) is 5. The minimum absolute atomic E-state index is 0.0944. The SMILES string of the molecule is CN=C(NCc1ccn(-c2ccc(OC)cc2)n1)NC1CCS(=O)(=O)C1. The number of methoxy groups -OCH3 is 1. The summed E-state index contributed by atoms with van der Waals surface area (Å²) in [6.45, 7) is 0.488. The molecular weight excluding hydrogens is 354 g/mol. The van der Waals surface area contributed by atoms with Gasteiger partial charge in [0, 0.05) is 19.3 Å². The van der Waals surface area contributed by atoms with Crippen LogP contribution in [0.4, 0.5) is 0 Å². The zero-order valence-electron chi connectivity index (χ0n) is 14.8. The number of hydrogen-bond donors (Lipinski definition) is 2. The Kier molecular flexibility index (Phi) is 5.46. The predicted molar refractivity (Wildman–Crippen MR) is 101 cm³/mol. The van der Waals surface area contributed by atoms with Crippen molar-refractivity contribution in [2.45, 2.75) is 19.0 Å². The van der Waals surface area contributed by atoms with Crippen molar-refractivity contribution in [2.75, 3.05) is 25.7 Å². The fourth-order valence-electron chi connectivity index (χ4n) is 2.81. The zero-order chi connectivity index (χ0) is 18.6. The highest BCUT2D eigenvalue weighted by atomic mass is 32.2. The summed E-state index contributed by atoms with van der Waals surface area (Å²) in [7, 11) is 0.376. The Balaban J connectivity index is 1.56. The highest BCUT2D eigenvalue weighted by Gasteiger charge is 2.28. The second-order valence-electron chi connectivity index (χ2n) is 6.12. The summed E-state index contributed by atoms with van der Waals surface area (Å²) in [5.74, 6) is 1.76. The molecule has 1 atom stereocenters. The lowest BCUT2D eigenvalue weighted by Gasteiger charge is -2.15. The van der Waals surface area contributed by atoms with Crippen LogP contribution in [0.5, 0.6) is 5.75 Å². The molecule has 0 spiro atoms. The molecule has 9 heteroatoms. The number of aromatic nitrogens is 2. The van der Waals surface area contributed by atoms with E-state index < -0.39 is 9.84 Å². The van der Waals surface area contributed by atoms with E-state index in [-0.39, 0.29) is 17.5 Å². The van der Waals surface area contributed by atoms with Gasteiger partial charge in [-0.15, -0.1) is 0 Å². The van der Waals surface area contributed by atoms with Crippen LogP contribution < -0.4 is 15.4 Å². The van der Waals surface area contributed by atoms with Gasteiger partial charge in [0.1, 0.15) is 5.75 Å². The highest BCUT2D eigenvalue weighted by Crippen LogP contribution is 2.14. The lowest BCUT2D eigenvalue weighted by Crippen LogP contribution is -2.43. The molecule has 0 aliphatic carbocycles. The molecule has 1 unspecified atom stereocenters. The van der Waals surface area contributed by atoms with Crippen LogP contribution in [-0.2, 0) is 16.4 Å². The van der Waals surface area contributed by atoms with E-state index in [1.54, 1.807) is 18.8 Å². The van der Waals surface area contributed by atoms with E-state index in [1.807, 2.05) is 36.5 Å². The largest absolute Gasteiger partial charge is 0.497 e. The lowest BCUT2D eigenvalue weighted by atomic mass is 10.3. The minimum Gasteiger partial charge on any atom is -0.497 e. The highest BCUT2D eigenvalue weighted by molar-refractivity contribution is 7.91. The molecule has 3 rings (SSSR count). The van der Waals surface area contributed by atoms with Gasteiger partial charge in [-0.05, 0) is 36.8 Å². The predicted octanol–water partition coefficient (Wildman–Crippen LogP) is 0.733. The summed E-state index contributed by atoms with van der Waals surface area (Å²) in [4.78, 5) is 4.15. The van der Waals surface area contributed by atoms with Gasteiger partial charge in [0.15, 0.2) is 15.8 Å². The second kappa shape index (κ2) is 7.77. The van der Waals surface area contributed by atoms with Crippen LogP contribution in [0.2, 0.25) is 0 Å². The Hall–Kier alpha value is -2.55. The lowest BCUT2D eigenvalue weighted by molar-refractivity contribution is 0.414. The minimum atomic E-state index is -2.92. The Morgan fingerprint density at radius 3 is 2.73 bits per heavy atom. The second-order valence-corrected chi connectivity index (χ2v) is 8.35. The van der Waals surface area contributed by atoms with Gasteiger partial charge in [0.25, 0.3) is 0 Å². The molecule has 1 saturated heterocycles. The first-order valence-corrected chi connectivity index (χ1v) is 10.2. The van der Waals surface area contributed by atoms with Crippen LogP contribution in [0.3, 0.4) is 0 Å². The molecule has 1 fully saturated rings. The van der Waals surface area contributed by atoms with Crippen molar-refractivity contribution in [2.24, 2.45) is 4.99 Å². The average Bonchev–Trinajstić information content (AvgIpc) is 3.25. The quantitative estimate of drug-likeness (QED) is 0.589. The molecule has 0 amide bonds. The van der Waals surface area contributed by atoms with Crippen LogP contribution in [0, 0.1) is 0 Å². The van der Waals surface area contributed by atoms with Crippen molar-refractivity contribution in [1.29, 1.82) is 0 Å². The molecule has 2 N–H and O–H groups in total. The van der Waals surface area contributed by atoms with Crippen LogP contribution in [0.15, 0.2) is 41.5 Å². The number of ether oxygens (including phenoxy) is 1. The fraction of sp³-hybridized carbons (Fsp3) is 0.412. The summed E-state index contributed by atoms with van der Waals surface area (Å²) >= 11 is 0.